The number of carbonyl (C=O) groups is 2. The monoisotopic (exact) mass is 280 g/mol. The molecule has 4 heteroatoms. The second-order valence-electron chi connectivity index (χ2n) is 6.89. The maximum absolute atomic E-state index is 12.7. The summed E-state index contributed by atoms with van der Waals surface area (Å²) in [6.45, 7) is 12.5. The first-order valence-electron chi connectivity index (χ1n) is 7.42. The molecule has 1 fully saturated rings. The lowest BCUT2D eigenvalue weighted by atomic mass is 9.82. The van der Waals surface area contributed by atoms with E-state index in [1.165, 1.54) is 0 Å². The summed E-state index contributed by atoms with van der Waals surface area (Å²) in [5, 5.41) is 2.91. The third kappa shape index (κ3) is 3.62. The molecule has 1 rings (SSSR count). The first-order chi connectivity index (χ1) is 9.20. The molecule has 4 nitrogen and oxygen atoms in total. The van der Waals surface area contributed by atoms with Crippen molar-refractivity contribution in [1.29, 1.82) is 0 Å². The third-order valence-corrected chi connectivity index (χ3v) is 3.69. The van der Waals surface area contributed by atoms with Crippen molar-refractivity contribution in [2.75, 3.05) is 6.54 Å². The van der Waals surface area contributed by atoms with Gasteiger partial charge in [-0.15, -0.1) is 0 Å². The molecule has 0 aromatic rings. The Morgan fingerprint density at radius 1 is 1.30 bits per heavy atom. The zero-order chi connectivity index (χ0) is 15.5. The fourth-order valence-corrected chi connectivity index (χ4v) is 2.61. The highest BCUT2D eigenvalue weighted by atomic mass is 16.2. The molecule has 2 atom stereocenters. The number of amides is 2. The zero-order valence-electron chi connectivity index (χ0n) is 13.6. The van der Waals surface area contributed by atoms with Crippen LogP contribution in [0.4, 0.5) is 0 Å². The summed E-state index contributed by atoms with van der Waals surface area (Å²) in [6.07, 6.45) is 4.79. The van der Waals surface area contributed by atoms with E-state index in [4.69, 9.17) is 0 Å². The molecule has 0 aliphatic carbocycles. The van der Waals surface area contributed by atoms with Gasteiger partial charge in [0.1, 0.15) is 12.1 Å². The first kappa shape index (κ1) is 16.7. The molecule has 114 valence electrons. The van der Waals surface area contributed by atoms with E-state index in [0.717, 1.165) is 6.42 Å². The Kier molecular flexibility index (Phi) is 5.37. The highest BCUT2D eigenvalue weighted by Gasteiger charge is 2.45. The molecule has 0 aromatic heterocycles. The number of nitrogens with one attached hydrogen (secondary N) is 1. The molecule has 0 radical (unpaired) electrons. The van der Waals surface area contributed by atoms with Gasteiger partial charge in [-0.1, -0.05) is 46.8 Å². The Balaban J connectivity index is 3.01. The van der Waals surface area contributed by atoms with Gasteiger partial charge >= 0.3 is 0 Å². The molecule has 0 saturated carbocycles. The zero-order valence-corrected chi connectivity index (χ0v) is 13.6. The largest absolute Gasteiger partial charge is 0.342 e. The van der Waals surface area contributed by atoms with Crippen LogP contribution < -0.4 is 5.32 Å². The van der Waals surface area contributed by atoms with Crippen LogP contribution in [0, 0.1) is 11.3 Å². The van der Waals surface area contributed by atoms with Gasteiger partial charge in [0.25, 0.3) is 0 Å². The Morgan fingerprint density at radius 3 is 2.35 bits per heavy atom. The summed E-state index contributed by atoms with van der Waals surface area (Å²) in [5.74, 6) is 0.130. The summed E-state index contributed by atoms with van der Waals surface area (Å²) in [6, 6.07) is -0.790. The van der Waals surface area contributed by atoms with Crippen molar-refractivity contribution in [2.24, 2.45) is 11.3 Å². The smallest absolute Gasteiger partial charge is 0.246 e. The normalized spacial score (nSPS) is 24.6. The van der Waals surface area contributed by atoms with Gasteiger partial charge in [-0.25, -0.2) is 0 Å². The van der Waals surface area contributed by atoms with Crippen molar-refractivity contribution >= 4 is 11.8 Å². The van der Waals surface area contributed by atoms with E-state index in [9.17, 15) is 9.59 Å². The Morgan fingerprint density at radius 2 is 1.90 bits per heavy atom. The van der Waals surface area contributed by atoms with Crippen LogP contribution in [0.25, 0.3) is 0 Å². The van der Waals surface area contributed by atoms with E-state index in [0.29, 0.717) is 6.54 Å². The van der Waals surface area contributed by atoms with Crippen LogP contribution in [0.2, 0.25) is 0 Å². The van der Waals surface area contributed by atoms with E-state index in [1.54, 1.807) is 4.90 Å². The lowest BCUT2D eigenvalue weighted by molar-refractivity contribution is -0.154. The van der Waals surface area contributed by atoms with Gasteiger partial charge in [-0.3, -0.25) is 9.59 Å². The first-order valence-corrected chi connectivity index (χ1v) is 7.42. The highest BCUT2D eigenvalue weighted by Crippen LogP contribution is 2.27. The number of nitrogens with zero attached hydrogens (tertiary/aromatic N) is 1. The summed E-state index contributed by atoms with van der Waals surface area (Å²) in [7, 11) is 0. The highest BCUT2D eigenvalue weighted by molar-refractivity contribution is 5.97. The predicted molar refractivity (Wildman–Crippen MR) is 81.2 cm³/mol. The molecule has 1 aliphatic heterocycles. The van der Waals surface area contributed by atoms with E-state index < -0.39 is 6.04 Å². The summed E-state index contributed by atoms with van der Waals surface area (Å²) in [5.41, 5.74) is -0.270. The molecule has 0 spiro atoms. The van der Waals surface area contributed by atoms with E-state index in [2.05, 4.69) is 5.32 Å². The van der Waals surface area contributed by atoms with Gasteiger partial charge in [-0.05, 0) is 24.7 Å². The van der Waals surface area contributed by atoms with E-state index in [-0.39, 0.29) is 29.2 Å². The molecule has 20 heavy (non-hydrogen) atoms. The van der Waals surface area contributed by atoms with Crippen LogP contribution in [-0.4, -0.2) is 35.3 Å². The molecule has 1 heterocycles. The fraction of sp³-hybridized carbons (Fsp3) is 0.750. The van der Waals surface area contributed by atoms with Gasteiger partial charge in [0.05, 0.1) is 0 Å². The standard InChI is InChI=1S/C16H28N2O2/c1-7-8-9-10-18-12(11(2)3)14(19)17-13(15(18)20)16(4,5)6/h7-8,11-13H,9-10H2,1-6H3,(H,17,19)/b8-7+. The molecule has 0 aromatic carbocycles. The molecular weight excluding hydrogens is 252 g/mol. The third-order valence-electron chi connectivity index (χ3n) is 3.69. The molecule has 2 amide bonds. The van der Waals surface area contributed by atoms with Crippen molar-refractivity contribution in [3.8, 4) is 0 Å². The Labute approximate surface area is 122 Å². The predicted octanol–water partition coefficient (Wildman–Crippen LogP) is 2.35. The van der Waals surface area contributed by atoms with Crippen molar-refractivity contribution in [2.45, 2.75) is 60.0 Å². The molecule has 1 N–H and O–H groups in total. The summed E-state index contributed by atoms with van der Waals surface area (Å²) >= 11 is 0. The Bertz CT molecular complexity index is 394. The number of allylic oxidation sites excluding steroid dienone is 1. The molecular formula is C16H28N2O2. The minimum absolute atomic E-state index is 0.0278. The lowest BCUT2D eigenvalue weighted by Gasteiger charge is -2.44. The number of rotatable bonds is 4. The minimum Gasteiger partial charge on any atom is -0.342 e. The van der Waals surface area contributed by atoms with Crippen molar-refractivity contribution in [1.82, 2.24) is 10.2 Å². The van der Waals surface area contributed by atoms with Crippen LogP contribution in [0.1, 0.15) is 48.0 Å². The number of hydrogen-bond donors (Lipinski definition) is 1. The van der Waals surface area contributed by atoms with Gasteiger partial charge < -0.3 is 10.2 Å². The number of piperazine rings is 1. The van der Waals surface area contributed by atoms with Crippen LogP contribution in [-0.2, 0) is 9.59 Å². The van der Waals surface area contributed by atoms with Gasteiger partial charge in [-0.2, -0.15) is 0 Å². The maximum Gasteiger partial charge on any atom is 0.246 e. The van der Waals surface area contributed by atoms with Crippen molar-refractivity contribution in [3.63, 3.8) is 0 Å². The van der Waals surface area contributed by atoms with Gasteiger partial charge in [0.2, 0.25) is 11.8 Å². The number of hydrogen-bond acceptors (Lipinski definition) is 2. The second kappa shape index (κ2) is 6.42. The molecule has 0 bridgehead atoms. The van der Waals surface area contributed by atoms with Gasteiger partial charge in [0.15, 0.2) is 0 Å². The van der Waals surface area contributed by atoms with E-state index >= 15 is 0 Å². The lowest BCUT2D eigenvalue weighted by Crippen LogP contribution is -2.67. The summed E-state index contributed by atoms with van der Waals surface area (Å²) < 4.78 is 0. The van der Waals surface area contributed by atoms with Crippen LogP contribution in [0.15, 0.2) is 12.2 Å². The van der Waals surface area contributed by atoms with Crippen molar-refractivity contribution < 1.29 is 9.59 Å². The average Bonchev–Trinajstić information content (AvgIpc) is 2.31. The molecule has 2 unspecified atom stereocenters. The average molecular weight is 280 g/mol. The summed E-state index contributed by atoms with van der Waals surface area (Å²) in [4.78, 5) is 26.8. The van der Waals surface area contributed by atoms with Crippen LogP contribution in [0.3, 0.4) is 0 Å². The van der Waals surface area contributed by atoms with Crippen LogP contribution in [0.5, 0.6) is 0 Å². The molecule has 1 aliphatic rings. The van der Waals surface area contributed by atoms with E-state index in [1.807, 2.05) is 53.7 Å². The number of carbonyl (C=O) groups excluding carboxylic acids is 2. The van der Waals surface area contributed by atoms with Gasteiger partial charge in [0, 0.05) is 6.54 Å². The SMILES string of the molecule is C/C=C/CCN1C(=O)C(C(C)(C)C)NC(=O)C1C(C)C. The van der Waals surface area contributed by atoms with Crippen LogP contribution >= 0.6 is 0 Å². The fourth-order valence-electron chi connectivity index (χ4n) is 2.61. The van der Waals surface area contributed by atoms with Crippen molar-refractivity contribution in [3.05, 3.63) is 12.2 Å². The maximum atomic E-state index is 12.7. The molecule has 1 saturated heterocycles. The quantitative estimate of drug-likeness (QED) is 0.804. The minimum atomic E-state index is -0.435. The second-order valence-corrected chi connectivity index (χ2v) is 6.89. The topological polar surface area (TPSA) is 49.4 Å². The Hall–Kier alpha value is -1.32.